The van der Waals surface area contributed by atoms with Crippen LogP contribution < -0.4 is 11.1 Å². The lowest BCUT2D eigenvalue weighted by molar-refractivity contribution is 0.101. The van der Waals surface area contributed by atoms with Gasteiger partial charge in [-0.1, -0.05) is 6.07 Å². The molecule has 0 aliphatic heterocycles. The largest absolute Gasteiger partial charge is 0.396 e. The Kier molecular flexibility index (Phi) is 2.73. The van der Waals surface area contributed by atoms with Crippen LogP contribution in [0.1, 0.15) is 10.5 Å². The van der Waals surface area contributed by atoms with Gasteiger partial charge in [0.1, 0.15) is 11.5 Å². The fourth-order valence-corrected chi connectivity index (χ4v) is 1.39. The first kappa shape index (κ1) is 11.1. The predicted molar refractivity (Wildman–Crippen MR) is 59.8 cm³/mol. The van der Waals surface area contributed by atoms with Crippen LogP contribution in [0.3, 0.4) is 0 Å². The molecule has 1 amide bonds. The molecule has 0 fully saturated rings. The smallest absolute Gasteiger partial charge is 0.277 e. The lowest BCUT2D eigenvalue weighted by atomic mass is 10.3. The van der Waals surface area contributed by atoms with Gasteiger partial charge in [0.2, 0.25) is 5.95 Å². The van der Waals surface area contributed by atoms with Crippen molar-refractivity contribution >= 4 is 17.4 Å². The third-order valence-electron chi connectivity index (χ3n) is 2.14. The molecule has 3 N–H and O–H groups in total. The van der Waals surface area contributed by atoms with E-state index in [-0.39, 0.29) is 17.2 Å². The number of amides is 1. The predicted octanol–water partition coefficient (Wildman–Crippen LogP) is 0.789. The Hall–Kier alpha value is -2.44. The summed E-state index contributed by atoms with van der Waals surface area (Å²) in [5, 5.41) is 6.27. The summed E-state index contributed by atoms with van der Waals surface area (Å²) in [6.07, 6.45) is 1.37. The van der Waals surface area contributed by atoms with Crippen molar-refractivity contribution in [3.8, 4) is 0 Å². The molecule has 0 saturated carbocycles. The van der Waals surface area contributed by atoms with E-state index in [1.165, 1.54) is 29.1 Å². The molecule has 7 heteroatoms. The Bertz CT molecular complexity index is 546. The molecule has 0 unspecified atom stereocenters. The summed E-state index contributed by atoms with van der Waals surface area (Å²) >= 11 is 0. The number of hydrogen-bond donors (Lipinski definition) is 2. The van der Waals surface area contributed by atoms with Gasteiger partial charge in [0.05, 0.1) is 11.9 Å². The van der Waals surface area contributed by atoms with E-state index in [1.54, 1.807) is 7.05 Å². The zero-order valence-electron chi connectivity index (χ0n) is 9.01. The minimum atomic E-state index is -0.666. The fraction of sp³-hybridized carbons (Fsp3) is 0.100. The van der Waals surface area contributed by atoms with Gasteiger partial charge in [0.15, 0.2) is 0 Å². The van der Waals surface area contributed by atoms with Crippen LogP contribution in [-0.2, 0) is 7.05 Å². The number of anilines is 2. The highest BCUT2D eigenvalue weighted by atomic mass is 19.1. The van der Waals surface area contributed by atoms with Gasteiger partial charge in [0, 0.05) is 7.05 Å². The molecule has 0 atom stereocenters. The molecule has 0 aliphatic carbocycles. The van der Waals surface area contributed by atoms with Crippen molar-refractivity contribution in [2.45, 2.75) is 0 Å². The van der Waals surface area contributed by atoms with E-state index in [1.807, 2.05) is 0 Å². The average molecular weight is 235 g/mol. The Morgan fingerprint density at radius 3 is 2.88 bits per heavy atom. The van der Waals surface area contributed by atoms with Crippen LogP contribution in [0.25, 0.3) is 0 Å². The second kappa shape index (κ2) is 4.20. The highest BCUT2D eigenvalue weighted by Gasteiger charge is 2.15. The summed E-state index contributed by atoms with van der Waals surface area (Å²) in [5.74, 6) is -1.03. The number of nitrogens with two attached hydrogens (primary N) is 1. The number of nitrogens with one attached hydrogen (secondary N) is 1. The lowest BCUT2D eigenvalue weighted by Gasteiger charge is -2.05. The molecule has 2 aromatic rings. The summed E-state index contributed by atoms with van der Waals surface area (Å²) in [7, 11) is 1.59. The van der Waals surface area contributed by atoms with Crippen LogP contribution in [0, 0.1) is 5.95 Å². The van der Waals surface area contributed by atoms with Crippen molar-refractivity contribution < 1.29 is 9.18 Å². The summed E-state index contributed by atoms with van der Waals surface area (Å²) in [5.41, 5.74) is 6.04. The molecule has 88 valence electrons. The van der Waals surface area contributed by atoms with Crippen LogP contribution in [0.5, 0.6) is 0 Å². The number of aryl methyl sites for hydroxylation is 1. The maximum atomic E-state index is 12.8. The van der Waals surface area contributed by atoms with E-state index in [4.69, 9.17) is 5.73 Å². The van der Waals surface area contributed by atoms with Gasteiger partial charge in [0.25, 0.3) is 5.91 Å². The Morgan fingerprint density at radius 1 is 1.53 bits per heavy atom. The number of halogens is 1. The first-order valence-electron chi connectivity index (χ1n) is 4.79. The van der Waals surface area contributed by atoms with Gasteiger partial charge in [-0.3, -0.25) is 9.48 Å². The quantitative estimate of drug-likeness (QED) is 0.753. The molecule has 2 heterocycles. The van der Waals surface area contributed by atoms with Gasteiger partial charge in [-0.2, -0.15) is 9.49 Å². The summed E-state index contributed by atoms with van der Waals surface area (Å²) in [4.78, 5) is 15.3. The molecule has 2 aromatic heterocycles. The normalized spacial score (nSPS) is 10.2. The van der Waals surface area contributed by atoms with Gasteiger partial charge < -0.3 is 11.1 Å². The van der Waals surface area contributed by atoms with E-state index in [0.29, 0.717) is 0 Å². The van der Waals surface area contributed by atoms with Crippen LogP contribution in [-0.4, -0.2) is 20.7 Å². The Balaban J connectivity index is 2.23. The van der Waals surface area contributed by atoms with Gasteiger partial charge in [-0.25, -0.2) is 4.98 Å². The average Bonchev–Trinajstić information content (AvgIpc) is 2.58. The molecule has 2 rings (SSSR count). The topological polar surface area (TPSA) is 85.8 Å². The second-order valence-corrected chi connectivity index (χ2v) is 3.37. The van der Waals surface area contributed by atoms with Gasteiger partial charge in [-0.05, 0) is 12.1 Å². The number of aromatic nitrogens is 3. The molecular weight excluding hydrogens is 225 g/mol. The number of carbonyl (C=O) groups is 1. The molecule has 0 aliphatic rings. The Labute approximate surface area is 96.3 Å². The van der Waals surface area contributed by atoms with E-state index >= 15 is 0 Å². The highest BCUT2D eigenvalue weighted by Crippen LogP contribution is 2.12. The molecule has 17 heavy (non-hydrogen) atoms. The number of hydrogen-bond acceptors (Lipinski definition) is 4. The van der Waals surface area contributed by atoms with Crippen molar-refractivity contribution in [1.29, 1.82) is 0 Å². The van der Waals surface area contributed by atoms with Crippen LogP contribution >= 0.6 is 0 Å². The van der Waals surface area contributed by atoms with E-state index in [9.17, 15) is 9.18 Å². The van der Waals surface area contributed by atoms with Gasteiger partial charge >= 0.3 is 0 Å². The monoisotopic (exact) mass is 235 g/mol. The van der Waals surface area contributed by atoms with E-state index in [2.05, 4.69) is 15.4 Å². The van der Waals surface area contributed by atoms with Crippen molar-refractivity contribution in [3.63, 3.8) is 0 Å². The molecular formula is C10H10FN5O. The van der Waals surface area contributed by atoms with E-state index in [0.717, 1.165) is 0 Å². The summed E-state index contributed by atoms with van der Waals surface area (Å²) in [6, 6.07) is 4.12. The standard InChI is InChI=1S/C10H10FN5O/c1-16-9(6(12)5-13-16)10(17)15-8-4-2-3-7(11)14-8/h2-5H,12H2,1H3,(H,14,15,17). The molecule has 0 bridgehead atoms. The minimum Gasteiger partial charge on any atom is -0.396 e. The number of nitrogen functional groups attached to an aromatic ring is 1. The summed E-state index contributed by atoms with van der Waals surface area (Å²) in [6.45, 7) is 0. The third-order valence-corrected chi connectivity index (χ3v) is 2.14. The number of nitrogens with zero attached hydrogens (tertiary/aromatic N) is 3. The number of rotatable bonds is 2. The lowest BCUT2D eigenvalue weighted by Crippen LogP contribution is -2.18. The van der Waals surface area contributed by atoms with Crippen LogP contribution in [0.15, 0.2) is 24.4 Å². The fourth-order valence-electron chi connectivity index (χ4n) is 1.39. The van der Waals surface area contributed by atoms with E-state index < -0.39 is 11.9 Å². The third kappa shape index (κ3) is 2.22. The van der Waals surface area contributed by atoms with Crippen molar-refractivity contribution in [2.24, 2.45) is 7.05 Å². The van der Waals surface area contributed by atoms with Gasteiger partial charge in [-0.15, -0.1) is 0 Å². The minimum absolute atomic E-state index is 0.121. The number of carbonyl (C=O) groups excluding carboxylic acids is 1. The molecule has 0 aromatic carbocycles. The van der Waals surface area contributed by atoms with Crippen LogP contribution in [0.2, 0.25) is 0 Å². The highest BCUT2D eigenvalue weighted by molar-refractivity contribution is 6.05. The molecule has 0 radical (unpaired) electrons. The maximum Gasteiger partial charge on any atom is 0.277 e. The zero-order chi connectivity index (χ0) is 12.4. The summed E-state index contributed by atoms with van der Waals surface area (Å²) < 4.78 is 14.2. The van der Waals surface area contributed by atoms with Crippen LogP contribution in [0.4, 0.5) is 15.9 Å². The first-order chi connectivity index (χ1) is 8.08. The maximum absolute atomic E-state index is 12.8. The van der Waals surface area contributed by atoms with Crippen molar-refractivity contribution in [1.82, 2.24) is 14.8 Å². The van der Waals surface area contributed by atoms with Crippen molar-refractivity contribution in [3.05, 3.63) is 36.0 Å². The molecule has 0 saturated heterocycles. The molecule has 0 spiro atoms. The first-order valence-corrected chi connectivity index (χ1v) is 4.79. The Morgan fingerprint density at radius 2 is 2.29 bits per heavy atom. The SMILES string of the molecule is Cn1ncc(N)c1C(=O)Nc1cccc(F)n1. The zero-order valence-corrected chi connectivity index (χ0v) is 9.01. The number of pyridine rings is 1. The molecule has 6 nitrogen and oxygen atoms in total. The second-order valence-electron chi connectivity index (χ2n) is 3.37. The van der Waals surface area contributed by atoms with Crippen molar-refractivity contribution in [2.75, 3.05) is 11.1 Å².